The van der Waals surface area contributed by atoms with Crippen molar-refractivity contribution in [3.63, 3.8) is 0 Å². The van der Waals surface area contributed by atoms with Crippen molar-refractivity contribution in [1.82, 2.24) is 10.6 Å². The average Bonchev–Trinajstić information content (AvgIpc) is 2.70. The number of hydrogen-bond donors (Lipinski definition) is 2. The van der Waals surface area contributed by atoms with Gasteiger partial charge in [-0.3, -0.25) is 4.79 Å². The van der Waals surface area contributed by atoms with E-state index in [1.807, 2.05) is 0 Å². The van der Waals surface area contributed by atoms with Crippen molar-refractivity contribution in [2.24, 2.45) is 0 Å². The van der Waals surface area contributed by atoms with Crippen LogP contribution in [0.4, 0.5) is 0 Å². The first-order chi connectivity index (χ1) is 14.1. The van der Waals surface area contributed by atoms with Gasteiger partial charge >= 0.3 is 101 Å². The number of hydrogen-bond acceptors (Lipinski definition) is 5. The van der Waals surface area contributed by atoms with Crippen LogP contribution < -0.4 is 10.6 Å². The van der Waals surface area contributed by atoms with Crippen molar-refractivity contribution >= 4 is 36.2 Å². The van der Waals surface area contributed by atoms with Gasteiger partial charge in [0.1, 0.15) is 0 Å². The van der Waals surface area contributed by atoms with Gasteiger partial charge in [0, 0.05) is 13.0 Å². The van der Waals surface area contributed by atoms with E-state index in [2.05, 4.69) is 34.3 Å². The zero-order chi connectivity index (χ0) is 21.6. The monoisotopic (exact) mass is 426 g/mol. The third-order valence-corrected chi connectivity index (χ3v) is 4.82. The summed E-state index contributed by atoms with van der Waals surface area (Å²) in [5, 5.41) is 5.86. The Balaban J connectivity index is 3.35. The van der Waals surface area contributed by atoms with E-state index in [1.165, 1.54) is 25.7 Å². The van der Waals surface area contributed by atoms with Crippen LogP contribution in [0, 0.1) is 0 Å². The van der Waals surface area contributed by atoms with Crippen LogP contribution in [0.2, 0.25) is 0 Å². The van der Waals surface area contributed by atoms with Crippen molar-refractivity contribution < 1.29 is 19.0 Å². The number of carbonyl (C=O) groups is 3. The maximum absolute atomic E-state index is 11.8. The van der Waals surface area contributed by atoms with Gasteiger partial charge in [0.05, 0.1) is 0 Å². The molecule has 6 nitrogen and oxygen atoms in total. The van der Waals surface area contributed by atoms with Crippen molar-refractivity contribution in [3.05, 3.63) is 0 Å². The predicted molar refractivity (Wildman–Crippen MR) is 120 cm³/mol. The number of unbranched alkanes of at least 4 members (excludes halogenated alkanes) is 9. The summed E-state index contributed by atoms with van der Waals surface area (Å²) in [7, 11) is 0. The van der Waals surface area contributed by atoms with Crippen LogP contribution >= 0.6 is 12.1 Å². The molecule has 0 rings (SSSR count). The average molecular weight is 426 g/mol. The second kappa shape index (κ2) is 21.4. The zero-order valence-electron chi connectivity index (χ0n) is 18.1. The van der Waals surface area contributed by atoms with Crippen molar-refractivity contribution in [2.75, 3.05) is 13.1 Å². The summed E-state index contributed by atoms with van der Waals surface area (Å²) in [5.41, 5.74) is 0. The summed E-state index contributed by atoms with van der Waals surface area (Å²) >= 11 is 4.44. The normalized spacial score (nSPS) is 10.2. The Kier molecular flexibility index (Phi) is 20.4. The van der Waals surface area contributed by atoms with Crippen molar-refractivity contribution in [3.8, 4) is 0 Å². The summed E-state index contributed by atoms with van der Waals surface area (Å²) in [4.78, 5) is 34.6. The number of nitrogens with one attached hydrogen (secondary N) is 2. The van der Waals surface area contributed by atoms with Gasteiger partial charge in [0.25, 0.3) is 0 Å². The fourth-order valence-corrected chi connectivity index (χ4v) is 3.08. The summed E-state index contributed by atoms with van der Waals surface area (Å²) < 4.78 is 4.56. The summed E-state index contributed by atoms with van der Waals surface area (Å²) in [5.74, 6) is -0.0892. The fraction of sp³-hybridized carbons (Fsp3) is 0.857. The van der Waals surface area contributed by atoms with E-state index in [4.69, 9.17) is 0 Å². The Bertz CT molecular complexity index is 464. The van der Waals surface area contributed by atoms with Gasteiger partial charge in [-0.05, 0) is 12.8 Å². The maximum atomic E-state index is 11.8. The van der Waals surface area contributed by atoms with E-state index in [-0.39, 0.29) is 17.8 Å². The van der Waals surface area contributed by atoms with Crippen LogP contribution in [-0.2, 0) is 19.0 Å². The van der Waals surface area contributed by atoms with Gasteiger partial charge in [-0.2, -0.15) is 0 Å². The molecular formula is C21H39BN2O4S. The third kappa shape index (κ3) is 21.2. The van der Waals surface area contributed by atoms with Gasteiger partial charge in [-0.1, -0.05) is 39.0 Å². The van der Waals surface area contributed by atoms with Crippen LogP contribution in [0.3, 0.4) is 0 Å². The molecule has 0 bridgehead atoms. The summed E-state index contributed by atoms with van der Waals surface area (Å²) in [6.45, 7) is 3.53. The molecule has 2 N–H and O–H groups in total. The zero-order valence-corrected chi connectivity index (χ0v) is 19.0. The van der Waals surface area contributed by atoms with E-state index in [9.17, 15) is 14.4 Å². The molecule has 0 unspecified atom stereocenters. The molecule has 166 valence electrons. The van der Waals surface area contributed by atoms with E-state index in [1.54, 1.807) is 0 Å². The Morgan fingerprint density at radius 3 is 1.66 bits per heavy atom. The van der Waals surface area contributed by atoms with Crippen LogP contribution in [0.15, 0.2) is 0 Å². The molecule has 0 saturated heterocycles. The van der Waals surface area contributed by atoms with E-state index >= 15 is 0 Å². The van der Waals surface area contributed by atoms with E-state index < -0.39 is 0 Å². The topological polar surface area (TPSA) is 84.5 Å². The second-order valence-electron chi connectivity index (χ2n) is 7.43. The SMILES string of the molecule is CCCCCCCCC(=O)NCCCCCC(=O)NCCCCCC(=O)OB=S. The molecule has 0 radical (unpaired) electrons. The molecule has 0 aromatic carbocycles. The van der Waals surface area contributed by atoms with Crippen LogP contribution in [0.5, 0.6) is 0 Å². The quantitative estimate of drug-likeness (QED) is 0.223. The molecule has 0 saturated carbocycles. The molecule has 0 spiro atoms. The van der Waals surface area contributed by atoms with Crippen molar-refractivity contribution in [2.45, 2.75) is 103 Å². The first-order valence-electron chi connectivity index (χ1n) is 11.3. The van der Waals surface area contributed by atoms with E-state index in [0.29, 0.717) is 32.4 Å². The Morgan fingerprint density at radius 2 is 1.14 bits per heavy atom. The molecule has 2 amide bonds. The number of amides is 2. The van der Waals surface area contributed by atoms with Gasteiger partial charge in [0.2, 0.25) is 5.91 Å². The molecule has 0 aromatic heterocycles. The standard InChI is InChI=1S/C21H39BN2O4S/c1-2-3-4-5-6-9-14-19(25)23-17-12-7-10-15-20(26)24-18-13-8-11-16-21(27)28-22-29/h2-18H2,1H3,(H,23,25)(H,24,26). The minimum atomic E-state index is -0.303. The van der Waals surface area contributed by atoms with Crippen LogP contribution in [0.25, 0.3) is 0 Å². The van der Waals surface area contributed by atoms with Crippen LogP contribution in [-0.4, -0.2) is 37.2 Å². The summed E-state index contributed by atoms with van der Waals surface area (Å²) in [6.07, 6.45) is 14.8. The Hall–Kier alpha value is -1.31. The van der Waals surface area contributed by atoms with Crippen LogP contribution in [0.1, 0.15) is 103 Å². The van der Waals surface area contributed by atoms with Gasteiger partial charge < -0.3 is 5.32 Å². The molecule has 0 aliphatic carbocycles. The first kappa shape index (κ1) is 27.7. The third-order valence-electron chi connectivity index (χ3n) is 4.72. The predicted octanol–water partition coefficient (Wildman–Crippen LogP) is 4.37. The minimum absolute atomic E-state index is 0.0669. The van der Waals surface area contributed by atoms with Crippen molar-refractivity contribution in [1.29, 1.82) is 0 Å². The molecule has 0 aromatic rings. The fourth-order valence-electron chi connectivity index (χ4n) is 2.97. The molecular weight excluding hydrogens is 387 g/mol. The number of carbonyl (C=O) groups excluding carboxylic acids is 3. The molecule has 0 heterocycles. The molecule has 8 heteroatoms. The molecule has 0 atom stereocenters. The molecule has 0 aliphatic heterocycles. The van der Waals surface area contributed by atoms with Gasteiger partial charge in [0.15, 0.2) is 0 Å². The van der Waals surface area contributed by atoms with Gasteiger partial charge in [-0.25, -0.2) is 0 Å². The first-order valence-corrected chi connectivity index (χ1v) is 11.7. The Morgan fingerprint density at radius 1 is 0.690 bits per heavy atom. The van der Waals surface area contributed by atoms with Gasteiger partial charge in [-0.15, -0.1) is 0 Å². The molecule has 0 fully saturated rings. The molecule has 29 heavy (non-hydrogen) atoms. The molecule has 0 aliphatic rings. The number of rotatable bonds is 20. The summed E-state index contributed by atoms with van der Waals surface area (Å²) in [6, 6.07) is 0. The van der Waals surface area contributed by atoms with E-state index in [0.717, 1.165) is 57.7 Å². The Labute approximate surface area is 182 Å². The second-order valence-corrected chi connectivity index (χ2v) is 7.62.